The van der Waals surface area contributed by atoms with Crippen LogP contribution in [0.25, 0.3) is 0 Å². The summed E-state index contributed by atoms with van der Waals surface area (Å²) in [5.41, 5.74) is 1.29. The van der Waals surface area contributed by atoms with Gasteiger partial charge < -0.3 is 10.2 Å². The molecule has 2 heterocycles. The van der Waals surface area contributed by atoms with E-state index in [1.165, 1.54) is 48.1 Å². The molecule has 2 rings (SSSR count). The van der Waals surface area contributed by atoms with Crippen LogP contribution < -0.4 is 10.2 Å². The third-order valence-corrected chi connectivity index (χ3v) is 5.72. The van der Waals surface area contributed by atoms with Crippen molar-refractivity contribution in [2.24, 2.45) is 11.8 Å². The summed E-state index contributed by atoms with van der Waals surface area (Å²) in [6, 6.07) is 0. The van der Waals surface area contributed by atoms with E-state index in [0.717, 1.165) is 18.4 Å². The molecule has 0 radical (unpaired) electrons. The highest BCUT2D eigenvalue weighted by molar-refractivity contribution is 7.15. The first-order valence-corrected chi connectivity index (χ1v) is 9.23. The van der Waals surface area contributed by atoms with Gasteiger partial charge in [0.2, 0.25) is 0 Å². The van der Waals surface area contributed by atoms with Crippen molar-refractivity contribution in [1.82, 2.24) is 10.3 Å². The molecule has 0 aliphatic carbocycles. The van der Waals surface area contributed by atoms with Gasteiger partial charge in [0.15, 0.2) is 5.13 Å². The van der Waals surface area contributed by atoms with Crippen LogP contribution in [0.5, 0.6) is 0 Å². The number of hydrogen-bond acceptors (Lipinski definition) is 4. The summed E-state index contributed by atoms with van der Waals surface area (Å²) in [6.45, 7) is 12.5. The molecule has 1 saturated heterocycles. The zero-order chi connectivity index (χ0) is 15.4. The van der Waals surface area contributed by atoms with Gasteiger partial charge in [-0.3, -0.25) is 0 Å². The van der Waals surface area contributed by atoms with E-state index in [1.54, 1.807) is 0 Å². The third kappa shape index (κ3) is 4.19. The predicted molar refractivity (Wildman–Crippen MR) is 93.4 cm³/mol. The summed E-state index contributed by atoms with van der Waals surface area (Å²) in [4.78, 5) is 8.90. The van der Waals surface area contributed by atoms with Gasteiger partial charge in [-0.15, -0.1) is 11.3 Å². The molecule has 1 N–H and O–H groups in total. The fraction of sp³-hybridized carbons (Fsp3) is 0.824. The zero-order valence-corrected chi connectivity index (χ0v) is 15.1. The second-order valence-corrected chi connectivity index (χ2v) is 7.97. The first-order valence-electron chi connectivity index (χ1n) is 8.42. The number of aromatic nitrogens is 1. The van der Waals surface area contributed by atoms with Crippen molar-refractivity contribution in [3.8, 4) is 0 Å². The highest BCUT2D eigenvalue weighted by atomic mass is 32.1. The molecule has 4 heteroatoms. The van der Waals surface area contributed by atoms with Gasteiger partial charge in [0, 0.05) is 24.5 Å². The van der Waals surface area contributed by atoms with Gasteiger partial charge in [-0.1, -0.05) is 27.7 Å². The lowest BCUT2D eigenvalue weighted by Crippen LogP contribution is -2.24. The van der Waals surface area contributed by atoms with E-state index in [4.69, 9.17) is 4.98 Å². The zero-order valence-electron chi connectivity index (χ0n) is 14.3. The van der Waals surface area contributed by atoms with Gasteiger partial charge in [0.05, 0.1) is 5.69 Å². The Bertz CT molecular complexity index is 439. The molecule has 1 unspecified atom stereocenters. The third-order valence-electron chi connectivity index (χ3n) is 4.59. The van der Waals surface area contributed by atoms with Gasteiger partial charge in [0.1, 0.15) is 0 Å². The number of thiazole rings is 1. The van der Waals surface area contributed by atoms with Gasteiger partial charge in [-0.25, -0.2) is 4.98 Å². The second-order valence-electron chi connectivity index (χ2n) is 6.91. The molecule has 0 spiro atoms. The normalized spacial score (nSPS) is 20.3. The minimum Gasteiger partial charge on any atom is -0.348 e. The maximum Gasteiger partial charge on any atom is 0.185 e. The van der Waals surface area contributed by atoms with E-state index in [1.807, 2.05) is 18.4 Å². The fourth-order valence-corrected chi connectivity index (χ4v) is 4.48. The summed E-state index contributed by atoms with van der Waals surface area (Å²) in [5, 5.41) is 4.53. The van der Waals surface area contributed by atoms with Crippen LogP contribution in [-0.2, 0) is 6.54 Å². The molecular formula is C17H31N3S. The molecule has 0 saturated carbocycles. The Kier molecular flexibility index (Phi) is 6.06. The Morgan fingerprint density at radius 2 is 2.00 bits per heavy atom. The summed E-state index contributed by atoms with van der Waals surface area (Å²) in [5.74, 6) is 2.21. The molecule has 0 aromatic carbocycles. The highest BCUT2D eigenvalue weighted by Gasteiger charge is 2.23. The Balaban J connectivity index is 2.12. The summed E-state index contributed by atoms with van der Waals surface area (Å²) >= 11 is 1.89. The van der Waals surface area contributed by atoms with Crippen LogP contribution in [0.15, 0.2) is 0 Å². The molecule has 1 aromatic rings. The number of rotatable bonds is 5. The van der Waals surface area contributed by atoms with Crippen LogP contribution in [0.1, 0.15) is 63.4 Å². The lowest BCUT2D eigenvalue weighted by Gasteiger charge is -2.20. The minimum atomic E-state index is 0.508. The van der Waals surface area contributed by atoms with Gasteiger partial charge in [0.25, 0.3) is 0 Å². The Morgan fingerprint density at radius 3 is 2.62 bits per heavy atom. The highest BCUT2D eigenvalue weighted by Crippen LogP contribution is 2.33. The second kappa shape index (κ2) is 7.59. The summed E-state index contributed by atoms with van der Waals surface area (Å²) in [6.07, 6.45) is 4.00. The lowest BCUT2D eigenvalue weighted by atomic mass is 9.89. The number of nitrogens with one attached hydrogen (secondary N) is 1. The average molecular weight is 310 g/mol. The van der Waals surface area contributed by atoms with Crippen LogP contribution in [-0.4, -0.2) is 25.1 Å². The molecule has 1 fully saturated rings. The van der Waals surface area contributed by atoms with Crippen molar-refractivity contribution >= 4 is 16.5 Å². The largest absolute Gasteiger partial charge is 0.348 e. The minimum absolute atomic E-state index is 0.508. The fourth-order valence-electron chi connectivity index (χ4n) is 3.20. The smallest absolute Gasteiger partial charge is 0.185 e. The Hall–Kier alpha value is -0.610. The van der Waals surface area contributed by atoms with Gasteiger partial charge >= 0.3 is 0 Å². The summed E-state index contributed by atoms with van der Waals surface area (Å²) < 4.78 is 0. The monoisotopic (exact) mass is 309 g/mol. The quantitative estimate of drug-likeness (QED) is 0.881. The predicted octanol–water partition coefficient (Wildman–Crippen LogP) is 4.25. The van der Waals surface area contributed by atoms with Crippen LogP contribution >= 0.6 is 11.3 Å². The van der Waals surface area contributed by atoms with Gasteiger partial charge in [-0.05, 0) is 44.1 Å². The van der Waals surface area contributed by atoms with Crippen LogP contribution in [0.3, 0.4) is 0 Å². The van der Waals surface area contributed by atoms with E-state index < -0.39 is 0 Å². The van der Waals surface area contributed by atoms with Gasteiger partial charge in [-0.2, -0.15) is 0 Å². The van der Waals surface area contributed by atoms with Crippen LogP contribution in [0, 0.1) is 11.8 Å². The van der Waals surface area contributed by atoms with Crippen molar-refractivity contribution < 1.29 is 0 Å². The molecule has 120 valence electrons. The molecule has 1 aromatic heterocycles. The van der Waals surface area contributed by atoms with E-state index >= 15 is 0 Å². The van der Waals surface area contributed by atoms with Crippen molar-refractivity contribution in [2.75, 3.05) is 25.0 Å². The first kappa shape index (κ1) is 16.8. The molecule has 3 nitrogen and oxygen atoms in total. The number of nitrogens with zero attached hydrogens (tertiary/aromatic N) is 2. The van der Waals surface area contributed by atoms with Crippen molar-refractivity contribution in [3.05, 3.63) is 10.6 Å². The molecule has 0 amide bonds. The lowest BCUT2D eigenvalue weighted by molar-refractivity contribution is 0.351. The maximum absolute atomic E-state index is 4.97. The average Bonchev–Trinajstić information content (AvgIpc) is 2.69. The van der Waals surface area contributed by atoms with E-state index in [2.05, 4.69) is 37.9 Å². The topological polar surface area (TPSA) is 28.2 Å². The number of hydrogen-bond donors (Lipinski definition) is 1. The standard InChI is InChI=1S/C17H31N3S/c1-12(2)14-7-6-9-20(10-8-14)17-19-16(13(3)4)15(21-17)11-18-5/h12-14,18H,6-11H2,1-5H3. The molecule has 1 atom stereocenters. The SMILES string of the molecule is CNCc1sc(N2CCCC(C(C)C)CC2)nc1C(C)C. The molecule has 1 aliphatic rings. The maximum atomic E-state index is 4.97. The molecule has 1 aliphatic heterocycles. The van der Waals surface area contributed by atoms with Crippen molar-refractivity contribution in [1.29, 1.82) is 0 Å². The van der Waals surface area contributed by atoms with Crippen LogP contribution in [0.2, 0.25) is 0 Å². The summed E-state index contributed by atoms with van der Waals surface area (Å²) in [7, 11) is 2.02. The molecule has 21 heavy (non-hydrogen) atoms. The van der Waals surface area contributed by atoms with Crippen molar-refractivity contribution in [2.45, 2.75) is 59.4 Å². The molecular weight excluding hydrogens is 278 g/mol. The van der Waals surface area contributed by atoms with E-state index in [0.29, 0.717) is 5.92 Å². The van der Waals surface area contributed by atoms with Crippen LogP contribution in [0.4, 0.5) is 5.13 Å². The van der Waals surface area contributed by atoms with E-state index in [9.17, 15) is 0 Å². The molecule has 0 bridgehead atoms. The van der Waals surface area contributed by atoms with Crippen molar-refractivity contribution in [3.63, 3.8) is 0 Å². The first-order chi connectivity index (χ1) is 10.0. The number of anilines is 1. The Labute approximate surface area is 134 Å². The Morgan fingerprint density at radius 1 is 1.24 bits per heavy atom. The van der Waals surface area contributed by atoms with E-state index in [-0.39, 0.29) is 0 Å².